The van der Waals surface area contributed by atoms with Crippen LogP contribution in [0.5, 0.6) is 0 Å². The maximum atomic E-state index is 13.5. The molecule has 0 bridgehead atoms. The van der Waals surface area contributed by atoms with Gasteiger partial charge in [0.05, 0.1) is 17.1 Å². The van der Waals surface area contributed by atoms with Crippen LogP contribution in [0.25, 0.3) is 0 Å². The molecule has 0 saturated carbocycles. The average Bonchev–Trinajstić information content (AvgIpc) is 2.16. The summed E-state index contributed by atoms with van der Waals surface area (Å²) in [6.07, 6.45) is 0. The summed E-state index contributed by atoms with van der Waals surface area (Å²) in [5.41, 5.74) is 2.43. The fourth-order valence-corrected chi connectivity index (χ4v) is 1.59. The van der Waals surface area contributed by atoms with E-state index in [4.69, 9.17) is 0 Å². The molecule has 0 radical (unpaired) electrons. The highest BCUT2D eigenvalue weighted by Gasteiger charge is 2.13. The molecular weight excluding hydrogens is 181 g/mol. The molecular formula is C10H14FN3. The minimum Gasteiger partial charge on any atom is -0.382 e. The van der Waals surface area contributed by atoms with E-state index in [1.807, 2.05) is 20.2 Å². The Balaban J connectivity index is 2.45. The van der Waals surface area contributed by atoms with Gasteiger partial charge in [0.25, 0.3) is 0 Å². The highest BCUT2D eigenvalue weighted by Crippen LogP contribution is 2.31. The summed E-state index contributed by atoms with van der Waals surface area (Å²) in [6, 6.07) is 3.37. The van der Waals surface area contributed by atoms with Gasteiger partial charge in [0.1, 0.15) is 5.82 Å². The summed E-state index contributed by atoms with van der Waals surface area (Å²) < 4.78 is 13.5. The van der Waals surface area contributed by atoms with Gasteiger partial charge in [-0.3, -0.25) is 0 Å². The number of benzene rings is 1. The van der Waals surface area contributed by atoms with E-state index in [0.29, 0.717) is 5.69 Å². The van der Waals surface area contributed by atoms with Gasteiger partial charge in [-0.05, 0) is 6.07 Å². The number of anilines is 3. The van der Waals surface area contributed by atoms with Gasteiger partial charge in [-0.15, -0.1) is 0 Å². The van der Waals surface area contributed by atoms with Crippen LogP contribution in [0.15, 0.2) is 12.1 Å². The lowest BCUT2D eigenvalue weighted by Crippen LogP contribution is -2.21. The van der Waals surface area contributed by atoms with Crippen LogP contribution in [-0.2, 0) is 0 Å². The second kappa shape index (κ2) is 3.36. The standard InChI is InChI=1S/C10H14FN3/c1-14(2)10-6-9-8(5-7(10)11)12-3-4-13-9/h5-6,12-13H,3-4H2,1-2H3. The Bertz CT molecular complexity index is 349. The third kappa shape index (κ3) is 1.47. The molecule has 0 aromatic heterocycles. The number of fused-ring (bicyclic) bond motifs is 1. The Morgan fingerprint density at radius 3 is 2.29 bits per heavy atom. The highest BCUT2D eigenvalue weighted by atomic mass is 19.1. The summed E-state index contributed by atoms with van der Waals surface area (Å²) in [5.74, 6) is -0.190. The van der Waals surface area contributed by atoms with Gasteiger partial charge in [0.2, 0.25) is 0 Å². The van der Waals surface area contributed by atoms with Crippen molar-refractivity contribution in [2.75, 3.05) is 42.7 Å². The molecule has 0 fully saturated rings. The van der Waals surface area contributed by atoms with Gasteiger partial charge in [0, 0.05) is 33.3 Å². The molecule has 2 rings (SSSR count). The molecule has 1 aliphatic heterocycles. The fourth-order valence-electron chi connectivity index (χ4n) is 1.59. The number of nitrogens with one attached hydrogen (secondary N) is 2. The van der Waals surface area contributed by atoms with Crippen molar-refractivity contribution in [1.29, 1.82) is 0 Å². The molecule has 0 saturated heterocycles. The molecule has 14 heavy (non-hydrogen) atoms. The second-order valence-corrected chi connectivity index (χ2v) is 3.60. The molecule has 2 N–H and O–H groups in total. The van der Waals surface area contributed by atoms with E-state index in [2.05, 4.69) is 10.6 Å². The first-order valence-electron chi connectivity index (χ1n) is 4.67. The molecule has 0 unspecified atom stereocenters. The molecule has 0 aliphatic carbocycles. The molecule has 1 heterocycles. The zero-order valence-corrected chi connectivity index (χ0v) is 8.39. The maximum Gasteiger partial charge on any atom is 0.148 e. The van der Waals surface area contributed by atoms with Crippen LogP contribution in [0.3, 0.4) is 0 Å². The number of hydrogen-bond acceptors (Lipinski definition) is 3. The van der Waals surface area contributed by atoms with E-state index in [1.54, 1.807) is 4.90 Å². The summed E-state index contributed by atoms with van der Waals surface area (Å²) in [4.78, 5) is 1.77. The van der Waals surface area contributed by atoms with Crippen LogP contribution in [0.2, 0.25) is 0 Å². The first-order chi connectivity index (χ1) is 6.68. The van der Waals surface area contributed by atoms with E-state index in [1.165, 1.54) is 6.07 Å². The van der Waals surface area contributed by atoms with Crippen molar-refractivity contribution >= 4 is 17.1 Å². The van der Waals surface area contributed by atoms with Gasteiger partial charge in [-0.1, -0.05) is 0 Å². The predicted octanol–water partition coefficient (Wildman–Crippen LogP) is 1.73. The van der Waals surface area contributed by atoms with Crippen molar-refractivity contribution in [2.45, 2.75) is 0 Å². The monoisotopic (exact) mass is 195 g/mol. The molecule has 76 valence electrons. The minimum absolute atomic E-state index is 0.190. The Morgan fingerprint density at radius 1 is 1.14 bits per heavy atom. The van der Waals surface area contributed by atoms with Crippen LogP contribution < -0.4 is 15.5 Å². The second-order valence-electron chi connectivity index (χ2n) is 3.60. The van der Waals surface area contributed by atoms with Crippen molar-refractivity contribution < 1.29 is 4.39 Å². The average molecular weight is 195 g/mol. The summed E-state index contributed by atoms with van der Waals surface area (Å²) in [6.45, 7) is 1.72. The van der Waals surface area contributed by atoms with E-state index in [9.17, 15) is 4.39 Å². The minimum atomic E-state index is -0.190. The predicted molar refractivity (Wildman–Crippen MR) is 57.7 cm³/mol. The van der Waals surface area contributed by atoms with E-state index in [-0.39, 0.29) is 5.82 Å². The Labute approximate surface area is 82.9 Å². The lowest BCUT2D eigenvalue weighted by atomic mass is 10.2. The van der Waals surface area contributed by atoms with Crippen LogP contribution >= 0.6 is 0 Å². The van der Waals surface area contributed by atoms with E-state index in [0.717, 1.165) is 24.5 Å². The van der Waals surface area contributed by atoms with Crippen LogP contribution in [0.4, 0.5) is 21.5 Å². The fraction of sp³-hybridized carbons (Fsp3) is 0.400. The summed E-state index contributed by atoms with van der Waals surface area (Å²) in [5, 5.41) is 6.38. The molecule has 1 aliphatic rings. The van der Waals surface area contributed by atoms with Crippen molar-refractivity contribution in [3.8, 4) is 0 Å². The van der Waals surface area contributed by atoms with E-state index >= 15 is 0 Å². The SMILES string of the molecule is CN(C)c1cc2c(cc1F)NCCN2. The van der Waals surface area contributed by atoms with E-state index < -0.39 is 0 Å². The molecule has 1 aromatic rings. The number of hydrogen-bond donors (Lipinski definition) is 2. The van der Waals surface area contributed by atoms with Gasteiger partial charge in [0.15, 0.2) is 0 Å². The van der Waals surface area contributed by atoms with Gasteiger partial charge < -0.3 is 15.5 Å². The quantitative estimate of drug-likeness (QED) is 0.714. The van der Waals surface area contributed by atoms with Crippen molar-refractivity contribution in [3.05, 3.63) is 17.9 Å². The summed E-state index contributed by atoms with van der Waals surface area (Å²) in [7, 11) is 3.67. The first kappa shape index (κ1) is 9.12. The third-order valence-corrected chi connectivity index (χ3v) is 2.32. The maximum absolute atomic E-state index is 13.5. The Hall–Kier alpha value is -1.45. The topological polar surface area (TPSA) is 27.3 Å². The zero-order valence-electron chi connectivity index (χ0n) is 8.39. The van der Waals surface area contributed by atoms with Crippen molar-refractivity contribution in [1.82, 2.24) is 0 Å². The molecule has 0 atom stereocenters. The Kier molecular flexibility index (Phi) is 2.19. The van der Waals surface area contributed by atoms with Crippen molar-refractivity contribution in [2.24, 2.45) is 0 Å². The van der Waals surface area contributed by atoms with Gasteiger partial charge in [-0.2, -0.15) is 0 Å². The molecule has 3 nitrogen and oxygen atoms in total. The van der Waals surface area contributed by atoms with Gasteiger partial charge >= 0.3 is 0 Å². The third-order valence-electron chi connectivity index (χ3n) is 2.32. The normalized spacial score (nSPS) is 13.9. The molecule has 0 spiro atoms. The van der Waals surface area contributed by atoms with Crippen LogP contribution in [-0.4, -0.2) is 27.2 Å². The van der Waals surface area contributed by atoms with Crippen LogP contribution in [0, 0.1) is 5.82 Å². The number of rotatable bonds is 1. The first-order valence-corrected chi connectivity index (χ1v) is 4.67. The molecule has 4 heteroatoms. The molecule has 1 aromatic carbocycles. The highest BCUT2D eigenvalue weighted by molar-refractivity contribution is 5.75. The largest absolute Gasteiger partial charge is 0.382 e. The Morgan fingerprint density at radius 2 is 1.71 bits per heavy atom. The lowest BCUT2D eigenvalue weighted by molar-refractivity contribution is 0.626. The molecule has 0 amide bonds. The smallest absolute Gasteiger partial charge is 0.148 e. The van der Waals surface area contributed by atoms with Gasteiger partial charge in [-0.25, -0.2) is 4.39 Å². The zero-order chi connectivity index (χ0) is 10.1. The summed E-state index contributed by atoms with van der Waals surface area (Å²) >= 11 is 0. The number of halogens is 1. The van der Waals surface area contributed by atoms with Crippen molar-refractivity contribution in [3.63, 3.8) is 0 Å². The van der Waals surface area contributed by atoms with Crippen LogP contribution in [0.1, 0.15) is 0 Å². The lowest BCUT2D eigenvalue weighted by Gasteiger charge is -2.23. The number of nitrogens with zero attached hydrogens (tertiary/aromatic N) is 1.